The molecule has 4 nitrogen and oxygen atoms in total. The molecule has 0 atom stereocenters. The number of H-pyrrole nitrogens is 1. The van der Waals surface area contributed by atoms with Crippen LogP contribution < -0.4 is 4.74 Å². The lowest BCUT2D eigenvalue weighted by Crippen LogP contribution is -2.00. The summed E-state index contributed by atoms with van der Waals surface area (Å²) in [5.41, 5.74) is 1.39. The van der Waals surface area contributed by atoms with E-state index in [2.05, 4.69) is 20.9 Å². The molecular weight excluding hydrogens is 334 g/mol. The zero-order valence-electron chi connectivity index (χ0n) is 11.2. The highest BCUT2D eigenvalue weighted by Crippen LogP contribution is 2.31. The molecule has 3 aromatic rings. The number of carbonyl (C=O) groups is 1. The summed E-state index contributed by atoms with van der Waals surface area (Å²) >= 11 is 3.38. The molecule has 0 spiro atoms. The van der Waals surface area contributed by atoms with E-state index in [9.17, 15) is 4.79 Å². The molecule has 3 rings (SSSR count). The molecule has 106 valence electrons. The van der Waals surface area contributed by atoms with Crippen LogP contribution >= 0.6 is 15.9 Å². The van der Waals surface area contributed by atoms with Gasteiger partial charge < -0.3 is 14.5 Å². The largest absolute Gasteiger partial charge is 0.465 e. The monoisotopic (exact) mass is 345 g/mol. The highest BCUT2D eigenvalue weighted by molar-refractivity contribution is 9.10. The van der Waals surface area contributed by atoms with Crippen LogP contribution in [0, 0.1) is 0 Å². The fourth-order valence-corrected chi connectivity index (χ4v) is 2.32. The molecule has 0 aliphatic rings. The van der Waals surface area contributed by atoms with Gasteiger partial charge in [-0.1, -0.05) is 15.9 Å². The van der Waals surface area contributed by atoms with E-state index in [4.69, 9.17) is 9.47 Å². The van der Waals surface area contributed by atoms with Crippen LogP contribution in [0.1, 0.15) is 10.4 Å². The van der Waals surface area contributed by atoms with Crippen LogP contribution in [0.4, 0.5) is 0 Å². The van der Waals surface area contributed by atoms with Gasteiger partial charge in [-0.15, -0.1) is 0 Å². The van der Waals surface area contributed by atoms with E-state index >= 15 is 0 Å². The maximum atomic E-state index is 11.6. The Morgan fingerprint density at radius 1 is 1.14 bits per heavy atom. The SMILES string of the molecule is COC(=O)c1ccc2[nH]cc(Oc3ccc(Br)cc3)c2c1. The Labute approximate surface area is 129 Å². The number of methoxy groups -OCH3 is 1. The number of aromatic nitrogens is 1. The third kappa shape index (κ3) is 2.78. The first-order valence-electron chi connectivity index (χ1n) is 6.30. The summed E-state index contributed by atoms with van der Waals surface area (Å²) in [5, 5.41) is 0.834. The van der Waals surface area contributed by atoms with Crippen molar-refractivity contribution in [2.75, 3.05) is 7.11 Å². The standard InChI is InChI=1S/C16H12BrNO3/c1-20-16(19)10-2-7-14-13(8-10)15(9-18-14)21-12-5-3-11(17)4-6-12/h2-9,18H,1H3. The van der Waals surface area contributed by atoms with Crippen LogP contribution in [0.15, 0.2) is 53.1 Å². The number of nitrogens with one attached hydrogen (secondary N) is 1. The zero-order valence-corrected chi connectivity index (χ0v) is 12.8. The summed E-state index contributed by atoms with van der Waals surface area (Å²) in [4.78, 5) is 14.7. The molecule has 0 aliphatic carbocycles. The lowest BCUT2D eigenvalue weighted by molar-refractivity contribution is 0.0601. The lowest BCUT2D eigenvalue weighted by atomic mass is 10.1. The Hall–Kier alpha value is -2.27. The summed E-state index contributed by atoms with van der Waals surface area (Å²) in [6, 6.07) is 12.9. The maximum Gasteiger partial charge on any atom is 0.337 e. The summed E-state index contributed by atoms with van der Waals surface area (Å²) in [5.74, 6) is 1.02. The van der Waals surface area contributed by atoms with Crippen LogP contribution in [0.5, 0.6) is 11.5 Å². The number of carbonyl (C=O) groups excluding carboxylic acids is 1. The van der Waals surface area contributed by atoms with Crippen molar-refractivity contribution in [3.8, 4) is 11.5 Å². The molecule has 2 aromatic carbocycles. The van der Waals surface area contributed by atoms with E-state index in [1.165, 1.54) is 7.11 Å². The van der Waals surface area contributed by atoms with Gasteiger partial charge in [0.25, 0.3) is 0 Å². The fraction of sp³-hybridized carbons (Fsp3) is 0.0625. The fourth-order valence-electron chi connectivity index (χ4n) is 2.05. The van der Waals surface area contributed by atoms with Crippen LogP contribution in [0.25, 0.3) is 10.9 Å². The Morgan fingerprint density at radius 3 is 2.62 bits per heavy atom. The zero-order chi connectivity index (χ0) is 14.8. The van der Waals surface area contributed by atoms with Crippen molar-refractivity contribution in [2.24, 2.45) is 0 Å². The van der Waals surface area contributed by atoms with E-state index in [-0.39, 0.29) is 5.97 Å². The second kappa shape index (κ2) is 5.61. The molecular formula is C16H12BrNO3. The Balaban J connectivity index is 1.98. The molecule has 0 amide bonds. The number of hydrogen-bond donors (Lipinski definition) is 1. The normalized spacial score (nSPS) is 10.6. The van der Waals surface area contributed by atoms with Crippen molar-refractivity contribution in [2.45, 2.75) is 0 Å². The van der Waals surface area contributed by atoms with E-state index in [1.807, 2.05) is 30.3 Å². The van der Waals surface area contributed by atoms with Gasteiger partial charge in [0.1, 0.15) is 5.75 Å². The highest BCUT2D eigenvalue weighted by atomic mass is 79.9. The molecule has 0 unspecified atom stereocenters. The summed E-state index contributed by atoms with van der Waals surface area (Å²) in [7, 11) is 1.36. The topological polar surface area (TPSA) is 51.3 Å². The number of aromatic amines is 1. The number of esters is 1. The summed E-state index contributed by atoms with van der Waals surface area (Å²) < 4.78 is 11.6. The van der Waals surface area contributed by atoms with Gasteiger partial charge in [0.15, 0.2) is 5.75 Å². The van der Waals surface area contributed by atoms with Gasteiger partial charge >= 0.3 is 5.97 Å². The van der Waals surface area contributed by atoms with Crippen molar-refractivity contribution < 1.29 is 14.3 Å². The predicted octanol–water partition coefficient (Wildman–Crippen LogP) is 4.51. The van der Waals surface area contributed by atoms with Crippen LogP contribution in [0.3, 0.4) is 0 Å². The first-order valence-corrected chi connectivity index (χ1v) is 7.09. The third-order valence-corrected chi connectivity index (χ3v) is 3.64. The Kier molecular flexibility index (Phi) is 3.66. The van der Waals surface area contributed by atoms with E-state index in [0.717, 1.165) is 21.1 Å². The molecule has 0 aliphatic heterocycles. The highest BCUT2D eigenvalue weighted by Gasteiger charge is 2.11. The van der Waals surface area contributed by atoms with Gasteiger partial charge in [0.05, 0.1) is 12.7 Å². The average molecular weight is 346 g/mol. The van der Waals surface area contributed by atoms with Crippen molar-refractivity contribution in [3.63, 3.8) is 0 Å². The molecule has 0 saturated carbocycles. The van der Waals surface area contributed by atoms with Gasteiger partial charge in [-0.25, -0.2) is 4.79 Å². The molecule has 0 fully saturated rings. The number of benzene rings is 2. The number of fused-ring (bicyclic) bond motifs is 1. The molecule has 1 aromatic heterocycles. The second-order valence-corrected chi connectivity index (χ2v) is 5.38. The van der Waals surface area contributed by atoms with Crippen LogP contribution in [-0.2, 0) is 4.74 Å². The first kappa shape index (κ1) is 13.7. The van der Waals surface area contributed by atoms with E-state index < -0.39 is 0 Å². The maximum absolute atomic E-state index is 11.6. The number of halogens is 1. The minimum absolute atomic E-state index is 0.368. The van der Waals surface area contributed by atoms with Gasteiger partial charge in [-0.2, -0.15) is 0 Å². The average Bonchev–Trinajstić information content (AvgIpc) is 2.91. The molecule has 0 saturated heterocycles. The van der Waals surface area contributed by atoms with Crippen LogP contribution in [-0.4, -0.2) is 18.1 Å². The number of rotatable bonds is 3. The van der Waals surface area contributed by atoms with Gasteiger partial charge in [0.2, 0.25) is 0 Å². The molecule has 21 heavy (non-hydrogen) atoms. The molecule has 1 N–H and O–H groups in total. The minimum Gasteiger partial charge on any atom is -0.465 e. The third-order valence-electron chi connectivity index (χ3n) is 3.11. The molecule has 5 heteroatoms. The Bertz CT molecular complexity index is 793. The second-order valence-electron chi connectivity index (χ2n) is 4.46. The van der Waals surface area contributed by atoms with Gasteiger partial charge in [-0.3, -0.25) is 0 Å². The first-order chi connectivity index (χ1) is 10.2. The summed E-state index contributed by atoms with van der Waals surface area (Å²) in [6.45, 7) is 0. The van der Waals surface area contributed by atoms with E-state index in [1.54, 1.807) is 18.3 Å². The van der Waals surface area contributed by atoms with Gasteiger partial charge in [0, 0.05) is 21.6 Å². The summed E-state index contributed by atoms with van der Waals surface area (Å²) in [6.07, 6.45) is 1.77. The molecule has 0 radical (unpaired) electrons. The lowest BCUT2D eigenvalue weighted by Gasteiger charge is -2.05. The van der Waals surface area contributed by atoms with E-state index in [0.29, 0.717) is 11.3 Å². The van der Waals surface area contributed by atoms with Crippen molar-refractivity contribution >= 4 is 32.8 Å². The van der Waals surface area contributed by atoms with Gasteiger partial charge in [-0.05, 0) is 42.5 Å². The van der Waals surface area contributed by atoms with Crippen molar-refractivity contribution in [1.82, 2.24) is 4.98 Å². The number of ether oxygens (including phenoxy) is 2. The number of hydrogen-bond acceptors (Lipinski definition) is 3. The van der Waals surface area contributed by atoms with Crippen molar-refractivity contribution in [1.29, 1.82) is 0 Å². The van der Waals surface area contributed by atoms with Crippen molar-refractivity contribution in [3.05, 3.63) is 58.7 Å². The molecule has 1 heterocycles. The Morgan fingerprint density at radius 2 is 1.90 bits per heavy atom. The predicted molar refractivity (Wildman–Crippen MR) is 83.9 cm³/mol. The minimum atomic E-state index is -0.368. The van der Waals surface area contributed by atoms with Crippen LogP contribution in [0.2, 0.25) is 0 Å². The molecule has 0 bridgehead atoms. The quantitative estimate of drug-likeness (QED) is 0.710. The smallest absolute Gasteiger partial charge is 0.337 e.